The number of fused-ring (bicyclic) bond motifs is 2. The lowest BCUT2D eigenvalue weighted by atomic mass is 9.96. The van der Waals surface area contributed by atoms with Crippen LogP contribution < -0.4 is 21.1 Å². The first-order chi connectivity index (χ1) is 20.2. The second kappa shape index (κ2) is 11.4. The number of hydrogen-bond donors (Lipinski definition) is 3. The van der Waals surface area contributed by atoms with Gasteiger partial charge < -0.3 is 35.6 Å². The van der Waals surface area contributed by atoms with Crippen LogP contribution in [0.15, 0.2) is 18.2 Å². The normalized spacial score (nSPS) is 28.2. The summed E-state index contributed by atoms with van der Waals surface area (Å²) in [5.74, 6) is -3.50. The third-order valence-corrected chi connectivity index (χ3v) is 9.62. The zero-order valence-electron chi connectivity index (χ0n) is 25.1. The minimum Gasteiger partial charge on any atom is -0.478 e. The fourth-order valence-electron chi connectivity index (χ4n) is 6.81. The lowest BCUT2D eigenvalue weighted by Gasteiger charge is -2.38. The number of anilines is 1. The number of carbonyl (C=O) groups is 5. The van der Waals surface area contributed by atoms with Gasteiger partial charge in [0.25, 0.3) is 5.91 Å². The summed E-state index contributed by atoms with van der Waals surface area (Å²) in [4.78, 5) is 69.2. The highest BCUT2D eigenvalue weighted by atomic mass is 19.1. The van der Waals surface area contributed by atoms with E-state index in [4.69, 9.17) is 15.2 Å². The van der Waals surface area contributed by atoms with Crippen LogP contribution in [-0.2, 0) is 28.7 Å². The van der Waals surface area contributed by atoms with Crippen molar-refractivity contribution in [1.82, 2.24) is 15.1 Å². The number of halogens is 1. The van der Waals surface area contributed by atoms with E-state index in [1.165, 1.54) is 29.0 Å². The molecule has 43 heavy (non-hydrogen) atoms. The van der Waals surface area contributed by atoms with Crippen LogP contribution in [0.4, 0.5) is 10.1 Å². The lowest BCUT2D eigenvalue weighted by molar-refractivity contribution is -0.151. The van der Waals surface area contributed by atoms with Gasteiger partial charge in [-0.2, -0.15) is 0 Å². The molecule has 0 aromatic heterocycles. The van der Waals surface area contributed by atoms with Gasteiger partial charge in [-0.15, -0.1) is 0 Å². The van der Waals surface area contributed by atoms with E-state index < -0.39 is 47.8 Å². The molecule has 234 valence electrons. The summed E-state index contributed by atoms with van der Waals surface area (Å²) in [5.41, 5.74) is 5.70. The molecule has 3 unspecified atom stereocenters. The maximum Gasteiger partial charge on any atom is 0.265 e. The number of nitrogens with zero attached hydrogens (tertiary/aromatic N) is 2. The number of carbonyl (C=O) groups excluding carboxylic acids is 5. The molecule has 12 nitrogen and oxygen atoms in total. The molecule has 3 fully saturated rings. The number of benzene rings is 1. The molecule has 3 heterocycles. The quantitative estimate of drug-likeness (QED) is 0.379. The molecule has 1 aromatic rings. The van der Waals surface area contributed by atoms with Gasteiger partial charge in [0.1, 0.15) is 29.7 Å². The Morgan fingerprint density at radius 2 is 1.98 bits per heavy atom. The van der Waals surface area contributed by atoms with E-state index in [-0.39, 0.29) is 58.8 Å². The Morgan fingerprint density at radius 3 is 2.60 bits per heavy atom. The molecule has 13 heteroatoms. The summed E-state index contributed by atoms with van der Waals surface area (Å²) >= 11 is 0. The van der Waals surface area contributed by atoms with Crippen LogP contribution in [-0.4, -0.2) is 90.4 Å². The SMILES string of the molecule is CC(C)[C@H](NC(=O)[C@H]1CCOC1)C(=O)N1CC2C(C1C(=O)N(C)[C@@H](C[C@@H]1Oc3ccc(F)cc3NC1=O)C(N)=O)C2(C)C. The third kappa shape index (κ3) is 5.66. The van der Waals surface area contributed by atoms with Crippen molar-refractivity contribution in [3.8, 4) is 5.75 Å². The fraction of sp³-hybridized carbons (Fsp3) is 0.633. The van der Waals surface area contributed by atoms with Gasteiger partial charge in [0.2, 0.25) is 23.6 Å². The predicted octanol–water partition coefficient (Wildman–Crippen LogP) is 0.888. The zero-order valence-corrected chi connectivity index (χ0v) is 25.1. The van der Waals surface area contributed by atoms with Crippen LogP contribution in [0.25, 0.3) is 0 Å². The van der Waals surface area contributed by atoms with E-state index in [1.807, 2.05) is 27.7 Å². The summed E-state index contributed by atoms with van der Waals surface area (Å²) in [7, 11) is 1.43. The molecule has 1 aromatic carbocycles. The van der Waals surface area contributed by atoms with Crippen molar-refractivity contribution in [3.05, 3.63) is 24.0 Å². The average molecular weight is 602 g/mol. The monoisotopic (exact) mass is 601 g/mol. The van der Waals surface area contributed by atoms with E-state index in [1.54, 1.807) is 0 Å². The number of likely N-dealkylation sites (tertiary alicyclic amines) is 1. The van der Waals surface area contributed by atoms with Crippen LogP contribution in [0, 0.1) is 34.9 Å². The van der Waals surface area contributed by atoms with Gasteiger partial charge in [-0.1, -0.05) is 27.7 Å². The Labute approximate surface area is 249 Å². The summed E-state index contributed by atoms with van der Waals surface area (Å²) in [6.07, 6.45) is -0.831. The van der Waals surface area contributed by atoms with Crippen molar-refractivity contribution in [1.29, 1.82) is 0 Å². The minimum absolute atomic E-state index is 0.0712. The van der Waals surface area contributed by atoms with E-state index in [0.717, 1.165) is 6.07 Å². The summed E-state index contributed by atoms with van der Waals surface area (Å²) in [6.45, 7) is 8.89. The Morgan fingerprint density at radius 1 is 1.26 bits per heavy atom. The van der Waals surface area contributed by atoms with Crippen LogP contribution >= 0.6 is 0 Å². The zero-order chi connectivity index (χ0) is 31.4. The average Bonchev–Trinajstić information content (AvgIpc) is 3.40. The maximum absolute atomic E-state index is 14.2. The highest BCUT2D eigenvalue weighted by Crippen LogP contribution is 2.65. The number of piperidine rings is 1. The number of rotatable bonds is 9. The van der Waals surface area contributed by atoms with Gasteiger partial charge in [-0.05, 0) is 41.7 Å². The number of primary amides is 1. The van der Waals surface area contributed by atoms with Gasteiger partial charge >= 0.3 is 0 Å². The maximum atomic E-state index is 14.2. The summed E-state index contributed by atoms with van der Waals surface area (Å²) in [6, 6.07) is 0.724. The standard InChI is InChI=1S/C30H40FN5O7/c1-14(2)23(34-26(38)15-8-9-42-13-15)28(40)36-12-17-22(30(17,3)4)24(36)29(41)35(5)19(25(32)37)11-21-27(39)33-18-10-16(31)6-7-20(18)43-21/h6-7,10,14-15,17,19,21-24H,8-9,11-13H2,1-5H3,(H2,32,37)(H,33,39)(H,34,38)/t15-,17?,19-,21-,22?,23-,24?/m0/s1. The number of nitrogens with two attached hydrogens (primary N) is 1. The molecule has 7 atom stereocenters. The van der Waals surface area contributed by atoms with Crippen molar-refractivity contribution in [2.45, 2.75) is 64.8 Å². The molecule has 0 spiro atoms. The number of hydrogen-bond acceptors (Lipinski definition) is 7. The molecular weight excluding hydrogens is 561 g/mol. The first-order valence-electron chi connectivity index (χ1n) is 14.7. The number of nitrogens with one attached hydrogen (secondary N) is 2. The van der Waals surface area contributed by atoms with Crippen molar-refractivity contribution >= 4 is 35.2 Å². The number of likely N-dealkylation sites (N-methyl/N-ethyl adjacent to an activating group) is 1. The van der Waals surface area contributed by atoms with E-state index in [9.17, 15) is 28.4 Å². The number of amides is 5. The highest BCUT2D eigenvalue weighted by Gasteiger charge is 2.70. The van der Waals surface area contributed by atoms with Crippen molar-refractivity contribution in [2.24, 2.45) is 34.8 Å². The van der Waals surface area contributed by atoms with Gasteiger partial charge in [-0.25, -0.2) is 4.39 Å². The van der Waals surface area contributed by atoms with Gasteiger partial charge in [0.15, 0.2) is 6.10 Å². The fourth-order valence-corrected chi connectivity index (χ4v) is 6.81. The molecule has 0 radical (unpaired) electrons. The number of ether oxygens (including phenoxy) is 2. The molecule has 1 aliphatic carbocycles. The van der Waals surface area contributed by atoms with Crippen LogP contribution in [0.5, 0.6) is 5.75 Å². The second-order valence-corrected chi connectivity index (χ2v) is 13.0. The van der Waals surface area contributed by atoms with Crippen molar-refractivity contribution in [3.63, 3.8) is 0 Å². The van der Waals surface area contributed by atoms with Crippen LogP contribution in [0.1, 0.15) is 40.5 Å². The molecule has 5 amide bonds. The van der Waals surface area contributed by atoms with Crippen molar-refractivity contribution < 1.29 is 37.8 Å². The summed E-state index contributed by atoms with van der Waals surface area (Å²) in [5, 5.41) is 5.46. The second-order valence-electron chi connectivity index (χ2n) is 13.0. The molecule has 1 saturated carbocycles. The first kappa shape index (κ1) is 30.7. The van der Waals surface area contributed by atoms with Gasteiger partial charge in [0.05, 0.1) is 18.2 Å². The molecule has 2 saturated heterocycles. The van der Waals surface area contributed by atoms with Crippen LogP contribution in [0.3, 0.4) is 0 Å². The minimum atomic E-state index is -1.23. The Kier molecular flexibility index (Phi) is 8.14. The van der Waals surface area contributed by atoms with E-state index in [0.29, 0.717) is 26.2 Å². The predicted molar refractivity (Wildman–Crippen MR) is 152 cm³/mol. The van der Waals surface area contributed by atoms with Gasteiger partial charge in [0, 0.05) is 32.7 Å². The largest absolute Gasteiger partial charge is 0.478 e. The van der Waals surface area contributed by atoms with E-state index >= 15 is 0 Å². The van der Waals surface area contributed by atoms with E-state index in [2.05, 4.69) is 10.6 Å². The Balaban J connectivity index is 1.34. The molecular formula is C30H40FN5O7. The first-order valence-corrected chi connectivity index (χ1v) is 14.7. The topological polar surface area (TPSA) is 160 Å². The smallest absolute Gasteiger partial charge is 0.265 e. The highest BCUT2D eigenvalue weighted by molar-refractivity contribution is 5.99. The molecule has 0 bridgehead atoms. The molecule has 4 aliphatic rings. The summed E-state index contributed by atoms with van der Waals surface area (Å²) < 4.78 is 24.7. The van der Waals surface area contributed by atoms with Crippen LogP contribution in [0.2, 0.25) is 0 Å². The lowest BCUT2D eigenvalue weighted by Crippen LogP contribution is -2.60. The Bertz CT molecular complexity index is 1330. The third-order valence-electron chi connectivity index (χ3n) is 9.62. The van der Waals surface area contributed by atoms with Crippen molar-refractivity contribution in [2.75, 3.05) is 32.1 Å². The molecule has 3 aliphatic heterocycles. The van der Waals surface area contributed by atoms with Gasteiger partial charge in [-0.3, -0.25) is 24.0 Å². The molecule has 5 rings (SSSR count). The molecule has 4 N–H and O–H groups in total. The Hall–Kier alpha value is -3.74.